The van der Waals surface area contributed by atoms with Gasteiger partial charge in [-0.15, -0.1) is 0 Å². The maximum Gasteiger partial charge on any atom is 0.184 e. The molecule has 6 atom stereocenters. The number of phenols is 2. The van der Waals surface area contributed by atoms with Crippen LogP contribution in [0.2, 0.25) is 0 Å². The van der Waals surface area contributed by atoms with E-state index < -0.39 is 36.9 Å². The number of phenolic OH excluding ortho intramolecular Hbond substituents is 2. The lowest BCUT2D eigenvalue weighted by molar-refractivity contribution is -0.320. The molecule has 2 saturated heterocycles. The van der Waals surface area contributed by atoms with Crippen LogP contribution in [0.15, 0.2) is 64.6 Å². The fourth-order valence-corrected chi connectivity index (χ4v) is 6.74. The van der Waals surface area contributed by atoms with Crippen molar-refractivity contribution in [1.82, 2.24) is 0 Å². The predicted molar refractivity (Wildman–Crippen MR) is 209 cm³/mol. The minimum Gasteiger partial charge on any atom is -0.507 e. The summed E-state index contributed by atoms with van der Waals surface area (Å²) in [5.74, 6) is 0.392. The number of fused-ring (bicyclic) bond motifs is 1. The van der Waals surface area contributed by atoms with Gasteiger partial charge < -0.3 is 29.2 Å². The lowest BCUT2D eigenvalue weighted by Gasteiger charge is -2.46. The summed E-state index contributed by atoms with van der Waals surface area (Å²) in [6.07, 6.45) is 1.01. The van der Waals surface area contributed by atoms with Crippen LogP contribution >= 0.6 is 0 Å². The number of hydrogen-bond donors (Lipinski definition) is 2. The van der Waals surface area contributed by atoms with E-state index >= 15 is 0 Å². The van der Waals surface area contributed by atoms with Crippen molar-refractivity contribution >= 4 is 12.4 Å². The lowest BCUT2D eigenvalue weighted by atomic mass is 9.79. The fraction of sp³-hybridized carbons (Fsp3) is 0.545. The Morgan fingerprint density at radius 2 is 1.13 bits per heavy atom. The van der Waals surface area contributed by atoms with E-state index in [0.29, 0.717) is 11.1 Å². The number of ether oxygens (including phenoxy) is 4. The zero-order chi connectivity index (χ0) is 38.4. The number of benzene rings is 3. The number of aliphatic imine (C=N–C) groups is 2. The van der Waals surface area contributed by atoms with Gasteiger partial charge in [0.25, 0.3) is 0 Å². The number of rotatable bonds is 6. The Morgan fingerprint density at radius 3 is 1.58 bits per heavy atom. The molecule has 0 radical (unpaired) electrons. The van der Waals surface area contributed by atoms with E-state index in [4.69, 9.17) is 28.9 Å². The molecule has 0 aliphatic carbocycles. The van der Waals surface area contributed by atoms with E-state index in [-0.39, 0.29) is 39.8 Å². The first-order valence-electron chi connectivity index (χ1n) is 18.4. The van der Waals surface area contributed by atoms with Crippen molar-refractivity contribution in [3.05, 3.63) is 93.5 Å². The summed E-state index contributed by atoms with van der Waals surface area (Å²) in [7, 11) is 1.59. The highest BCUT2D eigenvalue weighted by atomic mass is 16.7. The first kappa shape index (κ1) is 39.6. The Bertz CT molecular complexity index is 1770. The van der Waals surface area contributed by atoms with Gasteiger partial charge in [-0.2, -0.15) is 0 Å². The summed E-state index contributed by atoms with van der Waals surface area (Å²) < 4.78 is 25.3. The summed E-state index contributed by atoms with van der Waals surface area (Å²) in [6, 6.07) is 16.8. The van der Waals surface area contributed by atoms with Crippen LogP contribution in [0.1, 0.15) is 128 Å². The molecule has 8 heteroatoms. The SMILES string of the molecule is COC1OC2COC(c3ccccc3)OC2[C@@H](N=Cc2cc(C(C)(C)C)cc(C(C)(C)C)c2O)[C@@H]1N=Cc1cc(C(C)(C)C)cc(C(C)(C)C)c1O. The highest BCUT2D eigenvalue weighted by Gasteiger charge is 2.50. The van der Waals surface area contributed by atoms with Gasteiger partial charge in [-0.3, -0.25) is 9.98 Å². The molecule has 0 bridgehead atoms. The molecule has 0 amide bonds. The maximum absolute atomic E-state index is 11.6. The summed E-state index contributed by atoms with van der Waals surface area (Å²) in [6.45, 7) is 25.8. The Balaban J connectivity index is 1.65. The van der Waals surface area contributed by atoms with E-state index in [9.17, 15) is 10.2 Å². The van der Waals surface area contributed by atoms with Crippen LogP contribution in [0, 0.1) is 0 Å². The van der Waals surface area contributed by atoms with Gasteiger partial charge in [0.15, 0.2) is 12.6 Å². The second kappa shape index (κ2) is 14.7. The van der Waals surface area contributed by atoms with Crippen LogP contribution in [-0.4, -0.2) is 66.9 Å². The van der Waals surface area contributed by atoms with Crippen LogP contribution in [0.5, 0.6) is 11.5 Å². The number of nitrogens with zero attached hydrogens (tertiary/aromatic N) is 2. The first-order valence-corrected chi connectivity index (χ1v) is 18.4. The molecular weight excluding hydrogens is 652 g/mol. The number of hydrogen-bond acceptors (Lipinski definition) is 8. The molecule has 2 aliphatic rings. The Morgan fingerprint density at radius 1 is 0.654 bits per heavy atom. The normalized spacial score (nSPS) is 24.8. The molecule has 2 heterocycles. The minimum absolute atomic E-state index is 0.156. The standard InChI is InChI=1S/C44H60N2O6/c1-41(2,3)29-19-27(36(47)31(21-29)43(7,8)9)23-45-34-35(46-24-28-20-30(42(4,5)6)22-32(37(28)48)44(10,11)12)40(49-13)51-33-25-50-39(52-38(33)34)26-17-15-14-16-18-26/h14-24,33-35,38-40,47-48H,25H2,1-13H3/t33?,34-,35-,38?,39?,40?/m0/s1. The topological polar surface area (TPSA) is 102 Å². The van der Waals surface area contributed by atoms with Crippen molar-refractivity contribution in [2.24, 2.45) is 9.98 Å². The summed E-state index contributed by atoms with van der Waals surface area (Å²) in [5.41, 5.74) is 5.11. The fourth-order valence-electron chi connectivity index (χ4n) is 6.74. The van der Waals surface area contributed by atoms with Gasteiger partial charge in [0, 0.05) is 47.4 Å². The van der Waals surface area contributed by atoms with E-state index in [1.807, 2.05) is 42.5 Å². The van der Waals surface area contributed by atoms with Crippen molar-refractivity contribution in [2.45, 2.75) is 142 Å². The molecular formula is C44H60N2O6. The van der Waals surface area contributed by atoms with E-state index in [1.165, 1.54) is 0 Å². The first-order chi connectivity index (χ1) is 24.1. The molecule has 2 N–H and O–H groups in total. The highest BCUT2D eigenvalue weighted by Crippen LogP contribution is 2.41. The van der Waals surface area contributed by atoms with Gasteiger partial charge in [-0.25, -0.2) is 0 Å². The third-order valence-corrected chi connectivity index (χ3v) is 10.0. The molecule has 4 unspecified atom stereocenters. The van der Waals surface area contributed by atoms with Gasteiger partial charge >= 0.3 is 0 Å². The van der Waals surface area contributed by atoms with Crippen molar-refractivity contribution in [3.63, 3.8) is 0 Å². The van der Waals surface area contributed by atoms with Gasteiger partial charge in [0.05, 0.1) is 6.61 Å². The van der Waals surface area contributed by atoms with Gasteiger partial charge in [-0.1, -0.05) is 126 Å². The molecule has 0 saturated carbocycles. The molecule has 2 aliphatic heterocycles. The molecule has 52 heavy (non-hydrogen) atoms. The zero-order valence-corrected chi connectivity index (χ0v) is 33.4. The molecule has 0 aromatic heterocycles. The number of aromatic hydroxyl groups is 2. The minimum atomic E-state index is -0.783. The Labute approximate surface area is 311 Å². The van der Waals surface area contributed by atoms with Crippen LogP contribution < -0.4 is 0 Å². The van der Waals surface area contributed by atoms with Crippen LogP contribution in [0.3, 0.4) is 0 Å². The van der Waals surface area contributed by atoms with E-state index in [1.54, 1.807) is 19.5 Å². The zero-order valence-electron chi connectivity index (χ0n) is 33.4. The second-order valence-corrected chi connectivity index (χ2v) is 18.4. The molecule has 3 aromatic rings. The van der Waals surface area contributed by atoms with Crippen molar-refractivity contribution < 1.29 is 29.2 Å². The maximum atomic E-state index is 11.6. The predicted octanol–water partition coefficient (Wildman–Crippen LogP) is 9.05. The lowest BCUT2D eigenvalue weighted by Crippen LogP contribution is -2.61. The van der Waals surface area contributed by atoms with Crippen molar-refractivity contribution in [1.29, 1.82) is 0 Å². The highest BCUT2D eigenvalue weighted by molar-refractivity contribution is 5.86. The number of methoxy groups -OCH3 is 1. The summed E-state index contributed by atoms with van der Waals surface area (Å²) >= 11 is 0. The molecule has 5 rings (SSSR count). The molecule has 8 nitrogen and oxygen atoms in total. The van der Waals surface area contributed by atoms with Crippen molar-refractivity contribution in [3.8, 4) is 11.5 Å². The third-order valence-electron chi connectivity index (χ3n) is 10.0. The van der Waals surface area contributed by atoms with E-state index in [0.717, 1.165) is 27.8 Å². The molecule has 0 spiro atoms. The monoisotopic (exact) mass is 712 g/mol. The Hall–Kier alpha value is -3.56. The molecule has 2 fully saturated rings. The summed E-state index contributed by atoms with van der Waals surface area (Å²) in [5, 5.41) is 23.2. The Kier molecular flexibility index (Phi) is 11.2. The van der Waals surface area contributed by atoms with Gasteiger partial charge in [-0.05, 0) is 44.9 Å². The molecule has 282 valence electrons. The smallest absolute Gasteiger partial charge is 0.184 e. The quantitative estimate of drug-likeness (QED) is 0.247. The second-order valence-electron chi connectivity index (χ2n) is 18.4. The summed E-state index contributed by atoms with van der Waals surface area (Å²) in [4.78, 5) is 10.3. The van der Waals surface area contributed by atoms with Gasteiger partial charge in [0.2, 0.25) is 0 Å². The average Bonchev–Trinajstić information content (AvgIpc) is 3.05. The third kappa shape index (κ3) is 8.62. The van der Waals surface area contributed by atoms with Crippen LogP contribution in [0.25, 0.3) is 0 Å². The van der Waals surface area contributed by atoms with Gasteiger partial charge in [0.1, 0.15) is 35.8 Å². The van der Waals surface area contributed by atoms with Crippen LogP contribution in [0.4, 0.5) is 0 Å². The van der Waals surface area contributed by atoms with Crippen molar-refractivity contribution in [2.75, 3.05) is 13.7 Å². The largest absolute Gasteiger partial charge is 0.507 e. The molecule has 3 aromatic carbocycles. The van der Waals surface area contributed by atoms with Crippen LogP contribution in [-0.2, 0) is 40.6 Å². The average molecular weight is 713 g/mol. The van der Waals surface area contributed by atoms with E-state index in [2.05, 4.69) is 95.2 Å².